The molecule has 0 saturated heterocycles. The highest BCUT2D eigenvalue weighted by Gasteiger charge is 2.38. The summed E-state index contributed by atoms with van der Waals surface area (Å²) in [4.78, 5) is 29.3. The third-order valence-electron chi connectivity index (χ3n) is 3.52. The largest absolute Gasteiger partial charge is 0.333 e. The van der Waals surface area contributed by atoms with Gasteiger partial charge in [0.25, 0.3) is 11.7 Å². The maximum atomic E-state index is 14.0. The molecule has 1 aromatic carbocycles. The fourth-order valence-electron chi connectivity index (χ4n) is 2.55. The lowest BCUT2D eigenvalue weighted by Gasteiger charge is -2.17. The summed E-state index contributed by atoms with van der Waals surface area (Å²) in [6, 6.07) is 4.16. The number of halogens is 1. The van der Waals surface area contributed by atoms with Crippen LogP contribution in [0.25, 0.3) is 0 Å². The minimum atomic E-state index is -0.695. The van der Waals surface area contributed by atoms with Crippen molar-refractivity contribution in [3.63, 3.8) is 0 Å². The first-order valence-electron chi connectivity index (χ1n) is 6.77. The number of hydrogen-bond acceptors (Lipinski definition) is 3. The van der Waals surface area contributed by atoms with Gasteiger partial charge in [0.05, 0.1) is 29.8 Å². The Bertz CT molecular complexity index is 723. The lowest BCUT2D eigenvalue weighted by atomic mass is 10.1. The molecule has 3 rings (SSSR count). The zero-order valence-corrected chi connectivity index (χ0v) is 11.5. The number of hydrogen-bond donors (Lipinski definition) is 0. The van der Waals surface area contributed by atoms with Crippen molar-refractivity contribution in [1.82, 2.24) is 9.55 Å². The van der Waals surface area contributed by atoms with Crippen molar-refractivity contribution < 1.29 is 14.0 Å². The highest BCUT2D eigenvalue weighted by Crippen LogP contribution is 2.32. The number of aryl methyl sites for hydroxylation is 1. The topological polar surface area (TPSA) is 55.2 Å². The number of fused-ring (bicyclic) bond motifs is 1. The molecule has 0 saturated carbocycles. The number of rotatable bonds is 4. The Hall–Kier alpha value is -2.50. The molecule has 0 atom stereocenters. The molecule has 0 N–H and O–H groups in total. The van der Waals surface area contributed by atoms with Gasteiger partial charge in [-0.05, 0) is 18.6 Å². The molecule has 2 heterocycles. The molecule has 1 aromatic heterocycles. The second-order valence-corrected chi connectivity index (χ2v) is 4.93. The summed E-state index contributed by atoms with van der Waals surface area (Å²) >= 11 is 0. The van der Waals surface area contributed by atoms with Gasteiger partial charge in [-0.2, -0.15) is 0 Å². The van der Waals surface area contributed by atoms with E-state index in [0.717, 1.165) is 18.7 Å². The number of anilines is 1. The molecule has 2 aromatic rings. The van der Waals surface area contributed by atoms with Crippen LogP contribution in [0.3, 0.4) is 0 Å². The van der Waals surface area contributed by atoms with E-state index < -0.39 is 17.5 Å². The first kappa shape index (κ1) is 13.5. The van der Waals surface area contributed by atoms with E-state index in [1.54, 1.807) is 12.5 Å². The van der Waals surface area contributed by atoms with Crippen LogP contribution < -0.4 is 4.90 Å². The number of carbonyl (C=O) groups is 2. The number of benzene rings is 1. The monoisotopic (exact) mass is 287 g/mol. The molecule has 108 valence electrons. The van der Waals surface area contributed by atoms with E-state index in [1.807, 2.05) is 11.5 Å². The molecule has 0 bridgehead atoms. The number of Topliss-reactive ketones (excluding diaryl/α,β-unsaturated/α-hetero) is 1. The number of imidazole rings is 1. The first-order valence-corrected chi connectivity index (χ1v) is 6.77. The normalized spacial score (nSPS) is 13.9. The average Bonchev–Trinajstić information content (AvgIpc) is 3.00. The van der Waals surface area contributed by atoms with Gasteiger partial charge in [0.2, 0.25) is 0 Å². The van der Waals surface area contributed by atoms with Crippen molar-refractivity contribution >= 4 is 17.4 Å². The third-order valence-corrected chi connectivity index (χ3v) is 3.52. The van der Waals surface area contributed by atoms with Crippen molar-refractivity contribution in [2.24, 2.45) is 0 Å². The van der Waals surface area contributed by atoms with E-state index in [0.29, 0.717) is 0 Å². The van der Waals surface area contributed by atoms with Crippen molar-refractivity contribution in [1.29, 1.82) is 0 Å². The van der Waals surface area contributed by atoms with Crippen molar-refractivity contribution in [2.75, 3.05) is 4.90 Å². The van der Waals surface area contributed by atoms with E-state index in [1.165, 1.54) is 23.1 Å². The summed E-state index contributed by atoms with van der Waals surface area (Å²) in [6.07, 6.45) is 4.22. The van der Waals surface area contributed by atoms with E-state index in [-0.39, 0.29) is 17.8 Å². The smallest absolute Gasteiger partial charge is 0.299 e. The van der Waals surface area contributed by atoms with Gasteiger partial charge in [-0.1, -0.05) is 13.0 Å². The van der Waals surface area contributed by atoms with E-state index >= 15 is 0 Å². The molecule has 0 aliphatic carbocycles. The molecule has 6 heteroatoms. The second kappa shape index (κ2) is 5.12. The molecular formula is C15H14FN3O2. The Balaban J connectivity index is 1.98. The van der Waals surface area contributed by atoms with Gasteiger partial charge < -0.3 is 4.57 Å². The molecule has 0 spiro atoms. The highest BCUT2D eigenvalue weighted by molar-refractivity contribution is 6.52. The predicted octanol–water partition coefficient (Wildman–Crippen LogP) is 2.16. The number of amides is 1. The first-order chi connectivity index (χ1) is 10.1. The summed E-state index contributed by atoms with van der Waals surface area (Å²) in [5, 5.41) is 0. The van der Waals surface area contributed by atoms with Crippen molar-refractivity contribution in [2.45, 2.75) is 26.4 Å². The predicted molar refractivity (Wildman–Crippen MR) is 74.4 cm³/mol. The minimum Gasteiger partial charge on any atom is -0.333 e. The summed E-state index contributed by atoms with van der Waals surface area (Å²) < 4.78 is 15.9. The minimum absolute atomic E-state index is 0.0664. The van der Waals surface area contributed by atoms with Crippen LogP contribution in [-0.4, -0.2) is 21.2 Å². The van der Waals surface area contributed by atoms with Crippen molar-refractivity contribution in [3.8, 4) is 0 Å². The summed E-state index contributed by atoms with van der Waals surface area (Å²) in [6.45, 7) is 2.93. The molecular weight excluding hydrogens is 273 g/mol. The number of para-hydroxylation sites is 1. The van der Waals surface area contributed by atoms with Gasteiger partial charge in [0, 0.05) is 12.7 Å². The molecule has 1 amide bonds. The summed E-state index contributed by atoms with van der Waals surface area (Å²) in [7, 11) is 0. The van der Waals surface area contributed by atoms with Crippen LogP contribution in [0, 0.1) is 5.82 Å². The van der Waals surface area contributed by atoms with Gasteiger partial charge >= 0.3 is 0 Å². The Morgan fingerprint density at radius 3 is 2.86 bits per heavy atom. The summed E-state index contributed by atoms with van der Waals surface area (Å²) in [5.74, 6) is -1.92. The van der Waals surface area contributed by atoms with Crippen LogP contribution in [0.15, 0.2) is 30.7 Å². The molecule has 1 aliphatic heterocycles. The quantitative estimate of drug-likeness (QED) is 0.810. The Morgan fingerprint density at radius 1 is 1.29 bits per heavy atom. The Labute approximate surface area is 121 Å². The number of ketones is 1. The maximum Gasteiger partial charge on any atom is 0.299 e. The lowest BCUT2D eigenvalue weighted by molar-refractivity contribution is -0.114. The van der Waals surface area contributed by atoms with Crippen LogP contribution in [0.4, 0.5) is 10.1 Å². The second-order valence-electron chi connectivity index (χ2n) is 4.93. The van der Waals surface area contributed by atoms with Crippen LogP contribution in [-0.2, 0) is 17.9 Å². The number of aromatic nitrogens is 2. The SMILES string of the molecule is CCCn1cncc1CN1C(=O)C(=O)c2cccc(F)c21. The van der Waals surface area contributed by atoms with Gasteiger partial charge in [-0.3, -0.25) is 14.5 Å². The number of nitrogens with zero attached hydrogens (tertiary/aromatic N) is 3. The van der Waals surface area contributed by atoms with E-state index in [4.69, 9.17) is 0 Å². The van der Waals surface area contributed by atoms with Crippen LogP contribution in [0.5, 0.6) is 0 Å². The van der Waals surface area contributed by atoms with Gasteiger partial charge in [-0.15, -0.1) is 0 Å². The highest BCUT2D eigenvalue weighted by atomic mass is 19.1. The lowest BCUT2D eigenvalue weighted by Crippen LogP contribution is -2.30. The Kier molecular flexibility index (Phi) is 3.29. The molecule has 0 fully saturated rings. The Morgan fingerprint density at radius 2 is 2.10 bits per heavy atom. The zero-order valence-electron chi connectivity index (χ0n) is 11.5. The van der Waals surface area contributed by atoms with Crippen LogP contribution in [0.2, 0.25) is 0 Å². The van der Waals surface area contributed by atoms with Crippen molar-refractivity contribution in [3.05, 3.63) is 47.8 Å². The molecule has 1 aliphatic rings. The molecule has 21 heavy (non-hydrogen) atoms. The van der Waals surface area contributed by atoms with Gasteiger partial charge in [0.15, 0.2) is 0 Å². The van der Waals surface area contributed by atoms with Crippen LogP contribution in [0.1, 0.15) is 29.4 Å². The standard InChI is InChI=1S/C15H14FN3O2/c1-2-6-18-9-17-7-10(18)8-19-13-11(14(20)15(19)21)4-3-5-12(13)16/h3-5,7,9H,2,6,8H2,1H3. The van der Waals surface area contributed by atoms with Crippen LogP contribution >= 0.6 is 0 Å². The fourth-order valence-corrected chi connectivity index (χ4v) is 2.55. The summed E-state index contributed by atoms with van der Waals surface area (Å²) in [5.41, 5.74) is 0.965. The molecule has 0 radical (unpaired) electrons. The zero-order chi connectivity index (χ0) is 15.0. The molecule has 5 nitrogen and oxygen atoms in total. The molecule has 0 unspecified atom stereocenters. The average molecular weight is 287 g/mol. The number of carbonyl (C=O) groups excluding carboxylic acids is 2. The third kappa shape index (κ3) is 2.12. The fraction of sp³-hybridized carbons (Fsp3) is 0.267. The van der Waals surface area contributed by atoms with Gasteiger partial charge in [-0.25, -0.2) is 9.37 Å². The van der Waals surface area contributed by atoms with E-state index in [9.17, 15) is 14.0 Å². The maximum absolute atomic E-state index is 14.0. The van der Waals surface area contributed by atoms with Gasteiger partial charge in [0.1, 0.15) is 5.82 Å². The van der Waals surface area contributed by atoms with E-state index in [2.05, 4.69) is 4.98 Å².